The smallest absolute Gasteiger partial charge is 0.251 e. The molecule has 0 bridgehead atoms. The molecule has 0 fully saturated rings. The van der Waals surface area contributed by atoms with Gasteiger partial charge in [0.1, 0.15) is 0 Å². The lowest BCUT2D eigenvalue weighted by atomic mass is 10.1. The van der Waals surface area contributed by atoms with E-state index in [0.29, 0.717) is 5.03 Å². The molecular weight excluding hydrogens is 170 g/mol. The number of pyridine rings is 1. The van der Waals surface area contributed by atoms with Crippen LogP contribution in [0.15, 0.2) is 17.3 Å². The maximum atomic E-state index is 11.2. The molecule has 1 heterocycles. The van der Waals surface area contributed by atoms with Crippen molar-refractivity contribution in [2.45, 2.75) is 31.7 Å². The average Bonchev–Trinajstić information content (AvgIpc) is 2.01. The molecule has 0 radical (unpaired) electrons. The third-order valence-corrected chi connectivity index (χ3v) is 2.33. The van der Waals surface area contributed by atoms with Gasteiger partial charge in [0, 0.05) is 11.1 Å². The molecule has 0 saturated heterocycles. The molecule has 0 spiro atoms. The van der Waals surface area contributed by atoms with Gasteiger partial charge >= 0.3 is 0 Å². The Morgan fingerprint density at radius 3 is 2.75 bits per heavy atom. The lowest BCUT2D eigenvalue weighted by Gasteiger charge is -2.04. The summed E-state index contributed by atoms with van der Waals surface area (Å²) < 4.78 is 0.823. The number of hydrogen-bond acceptors (Lipinski definition) is 2. The van der Waals surface area contributed by atoms with Gasteiger partial charge in [-0.15, -0.1) is 0 Å². The van der Waals surface area contributed by atoms with Crippen LogP contribution in [0.5, 0.6) is 0 Å². The lowest BCUT2D eigenvalue weighted by molar-refractivity contribution is -0.646. The third kappa shape index (κ3) is 1.91. The highest BCUT2D eigenvalue weighted by Gasteiger charge is 2.06. The van der Waals surface area contributed by atoms with Crippen LogP contribution in [0.4, 0.5) is 0 Å². The van der Waals surface area contributed by atoms with E-state index in [1.165, 1.54) is 0 Å². The van der Waals surface area contributed by atoms with Crippen molar-refractivity contribution in [2.24, 2.45) is 0 Å². The van der Waals surface area contributed by atoms with Crippen molar-refractivity contribution >= 4 is 12.6 Å². The SMILES string of the molecule is CCCc1cc(C)c(S)[n+]([O-])c1. The largest absolute Gasteiger partial charge is 0.618 e. The van der Waals surface area contributed by atoms with E-state index in [9.17, 15) is 5.21 Å². The maximum absolute atomic E-state index is 11.2. The molecule has 66 valence electrons. The van der Waals surface area contributed by atoms with Crippen molar-refractivity contribution in [2.75, 3.05) is 0 Å². The number of hydrogen-bond donors (Lipinski definition) is 1. The Labute approximate surface area is 78.2 Å². The van der Waals surface area contributed by atoms with E-state index in [1.54, 1.807) is 6.20 Å². The van der Waals surface area contributed by atoms with E-state index in [1.807, 2.05) is 13.0 Å². The van der Waals surface area contributed by atoms with Crippen molar-refractivity contribution in [3.8, 4) is 0 Å². The van der Waals surface area contributed by atoms with Crippen LogP contribution < -0.4 is 4.73 Å². The third-order valence-electron chi connectivity index (χ3n) is 1.79. The molecule has 0 aliphatic carbocycles. The first-order valence-corrected chi connectivity index (χ1v) is 4.51. The molecule has 0 unspecified atom stereocenters. The van der Waals surface area contributed by atoms with Crippen molar-refractivity contribution in [1.82, 2.24) is 0 Å². The van der Waals surface area contributed by atoms with E-state index in [0.717, 1.165) is 28.7 Å². The van der Waals surface area contributed by atoms with Gasteiger partial charge in [0.05, 0.1) is 0 Å². The Bertz CT molecular complexity index is 263. The molecule has 0 aromatic carbocycles. The number of rotatable bonds is 2. The molecule has 0 atom stereocenters. The van der Waals surface area contributed by atoms with Crippen LogP contribution in [0.3, 0.4) is 0 Å². The fourth-order valence-electron chi connectivity index (χ4n) is 1.19. The van der Waals surface area contributed by atoms with Gasteiger partial charge in [-0.25, -0.2) is 0 Å². The predicted octanol–water partition coefficient (Wildman–Crippen LogP) is 1.87. The zero-order valence-corrected chi connectivity index (χ0v) is 8.27. The molecular formula is C9H13NOS. The highest BCUT2D eigenvalue weighted by molar-refractivity contribution is 7.80. The van der Waals surface area contributed by atoms with Gasteiger partial charge in [-0.05, 0) is 19.4 Å². The molecule has 1 aromatic rings. The van der Waals surface area contributed by atoms with Gasteiger partial charge < -0.3 is 5.21 Å². The molecule has 1 aromatic heterocycles. The minimum atomic E-state index is 0.495. The quantitative estimate of drug-likeness (QED) is 0.423. The Morgan fingerprint density at radius 2 is 2.25 bits per heavy atom. The highest BCUT2D eigenvalue weighted by Crippen LogP contribution is 2.10. The van der Waals surface area contributed by atoms with E-state index in [2.05, 4.69) is 19.6 Å². The van der Waals surface area contributed by atoms with Crippen molar-refractivity contribution in [3.63, 3.8) is 0 Å². The maximum Gasteiger partial charge on any atom is 0.251 e. The molecule has 0 amide bonds. The summed E-state index contributed by atoms with van der Waals surface area (Å²) in [7, 11) is 0. The summed E-state index contributed by atoms with van der Waals surface area (Å²) in [6.45, 7) is 4.00. The summed E-state index contributed by atoms with van der Waals surface area (Å²) in [6.07, 6.45) is 3.61. The summed E-state index contributed by atoms with van der Waals surface area (Å²) in [5.41, 5.74) is 2.03. The summed E-state index contributed by atoms with van der Waals surface area (Å²) in [5, 5.41) is 11.7. The Morgan fingerprint density at radius 1 is 1.58 bits per heavy atom. The van der Waals surface area contributed by atoms with Crippen LogP contribution in [0.25, 0.3) is 0 Å². The fraction of sp³-hybridized carbons (Fsp3) is 0.444. The second-order valence-electron chi connectivity index (χ2n) is 2.93. The van der Waals surface area contributed by atoms with Gasteiger partial charge in [0.2, 0.25) is 0 Å². The molecule has 2 nitrogen and oxygen atoms in total. The van der Waals surface area contributed by atoms with Crippen LogP contribution in [0.1, 0.15) is 24.5 Å². The lowest BCUT2D eigenvalue weighted by Crippen LogP contribution is -2.29. The monoisotopic (exact) mass is 183 g/mol. The van der Waals surface area contributed by atoms with Crippen molar-refractivity contribution in [1.29, 1.82) is 0 Å². The molecule has 0 aliphatic rings. The highest BCUT2D eigenvalue weighted by atomic mass is 32.1. The average molecular weight is 183 g/mol. The molecule has 1 rings (SSSR count). The van der Waals surface area contributed by atoms with Gasteiger partial charge in [0.15, 0.2) is 6.20 Å². The fourth-order valence-corrected chi connectivity index (χ4v) is 1.31. The summed E-state index contributed by atoms with van der Waals surface area (Å²) >= 11 is 4.08. The van der Waals surface area contributed by atoms with Crippen LogP contribution in [0, 0.1) is 12.1 Å². The molecule has 12 heavy (non-hydrogen) atoms. The minimum Gasteiger partial charge on any atom is -0.618 e. The summed E-state index contributed by atoms with van der Waals surface area (Å²) in [4.78, 5) is 0. The van der Waals surface area contributed by atoms with Crippen LogP contribution in [-0.2, 0) is 6.42 Å². The van der Waals surface area contributed by atoms with Gasteiger partial charge in [-0.2, -0.15) is 4.73 Å². The van der Waals surface area contributed by atoms with Gasteiger partial charge in [-0.1, -0.05) is 26.0 Å². The first-order valence-electron chi connectivity index (χ1n) is 4.06. The summed E-state index contributed by atoms with van der Waals surface area (Å²) in [5.74, 6) is 0. The molecule has 0 N–H and O–H groups in total. The van der Waals surface area contributed by atoms with E-state index in [4.69, 9.17) is 0 Å². The Hall–Kier alpha value is -0.700. The van der Waals surface area contributed by atoms with Gasteiger partial charge in [-0.3, -0.25) is 0 Å². The van der Waals surface area contributed by atoms with E-state index < -0.39 is 0 Å². The van der Waals surface area contributed by atoms with Gasteiger partial charge in [0.25, 0.3) is 5.03 Å². The first-order chi connectivity index (χ1) is 5.65. The minimum absolute atomic E-state index is 0.495. The number of aryl methyl sites for hydroxylation is 2. The number of thiol groups is 1. The molecule has 0 saturated carbocycles. The van der Waals surface area contributed by atoms with Crippen LogP contribution in [0.2, 0.25) is 0 Å². The molecule has 0 aliphatic heterocycles. The van der Waals surface area contributed by atoms with E-state index >= 15 is 0 Å². The van der Waals surface area contributed by atoms with Crippen molar-refractivity contribution in [3.05, 3.63) is 28.6 Å². The molecule has 3 heteroatoms. The standard InChI is InChI=1S/C9H13NOS/c1-3-4-8-5-7(2)9(12)10(11)6-8/h5-6,12H,3-4H2,1-2H3. The topological polar surface area (TPSA) is 26.9 Å². The zero-order valence-electron chi connectivity index (χ0n) is 7.37. The van der Waals surface area contributed by atoms with E-state index in [-0.39, 0.29) is 0 Å². The first kappa shape index (κ1) is 9.39. The number of nitrogens with zero attached hydrogens (tertiary/aromatic N) is 1. The normalized spacial score (nSPS) is 10.2. The summed E-state index contributed by atoms with van der Waals surface area (Å²) in [6, 6.07) is 2.01. The second kappa shape index (κ2) is 3.81. The van der Waals surface area contributed by atoms with Crippen LogP contribution in [-0.4, -0.2) is 0 Å². The Kier molecular flexibility index (Phi) is 2.98. The zero-order chi connectivity index (χ0) is 9.14. The van der Waals surface area contributed by atoms with Crippen LogP contribution >= 0.6 is 12.6 Å². The Balaban J connectivity index is 3.04. The van der Waals surface area contributed by atoms with Crippen molar-refractivity contribution < 1.29 is 4.73 Å². The predicted molar refractivity (Wildman–Crippen MR) is 51.4 cm³/mol. The number of aromatic nitrogens is 1. The second-order valence-corrected chi connectivity index (χ2v) is 3.35.